The predicted molar refractivity (Wildman–Crippen MR) is 146 cm³/mol. The van der Waals surface area contributed by atoms with E-state index in [4.69, 9.17) is 26.1 Å². The van der Waals surface area contributed by atoms with Crippen molar-refractivity contribution >= 4 is 17.7 Å². The van der Waals surface area contributed by atoms with Crippen LogP contribution in [0.2, 0.25) is 5.02 Å². The Morgan fingerprint density at radius 1 is 1.11 bits per heavy atom. The normalized spacial score (nSPS) is 13.2. The van der Waals surface area contributed by atoms with Gasteiger partial charge in [0.15, 0.2) is 0 Å². The van der Waals surface area contributed by atoms with E-state index in [1.807, 2.05) is 32.9 Å². The number of carbonyl (C=O) groups excluding carboxylic acids is 1. The van der Waals surface area contributed by atoms with Gasteiger partial charge < -0.3 is 24.1 Å². The van der Waals surface area contributed by atoms with Gasteiger partial charge in [-0.1, -0.05) is 24.6 Å². The molecule has 2 aliphatic rings. The summed E-state index contributed by atoms with van der Waals surface area (Å²) in [5, 5.41) is 0.723. The smallest absolute Gasteiger partial charge is 0.410 e. The molecule has 1 N–H and O–H groups in total. The molecule has 5 rings (SSSR count). The van der Waals surface area contributed by atoms with Crippen LogP contribution in [0.25, 0.3) is 22.4 Å². The zero-order valence-corrected chi connectivity index (χ0v) is 23.3. The summed E-state index contributed by atoms with van der Waals surface area (Å²) in [6, 6.07) is 10.3. The maximum absolute atomic E-state index is 12.7. The van der Waals surface area contributed by atoms with Crippen LogP contribution in [0.1, 0.15) is 56.8 Å². The molecule has 0 saturated carbocycles. The molecule has 0 bridgehead atoms. The van der Waals surface area contributed by atoms with E-state index in [1.54, 1.807) is 19.1 Å². The lowest BCUT2D eigenvalue weighted by Crippen LogP contribution is -2.37. The number of nitrogens with zero attached hydrogens (tertiary/aromatic N) is 2. The molecule has 1 aliphatic heterocycles. The van der Waals surface area contributed by atoms with Gasteiger partial charge in [-0.25, -0.2) is 9.78 Å². The number of imidazole rings is 1. The molecule has 1 aromatic heterocycles. The second-order valence-electron chi connectivity index (χ2n) is 10.4. The molecule has 2 heterocycles. The summed E-state index contributed by atoms with van der Waals surface area (Å²) in [4.78, 5) is 22.8. The molecule has 0 spiro atoms. The van der Waals surface area contributed by atoms with Crippen LogP contribution < -0.4 is 4.74 Å². The Balaban J connectivity index is 0.00000102. The number of aromatic nitrogens is 2. The van der Waals surface area contributed by atoms with Gasteiger partial charge in [-0.15, -0.1) is 0 Å². The van der Waals surface area contributed by atoms with Crippen LogP contribution in [0, 0.1) is 0 Å². The van der Waals surface area contributed by atoms with Crippen molar-refractivity contribution in [2.75, 3.05) is 20.8 Å². The largest absolute Gasteiger partial charge is 0.488 e. The Kier molecular flexibility index (Phi) is 8.14. The first-order valence-corrected chi connectivity index (χ1v) is 13.1. The van der Waals surface area contributed by atoms with Crippen molar-refractivity contribution in [1.29, 1.82) is 0 Å². The average molecular weight is 526 g/mol. The van der Waals surface area contributed by atoms with E-state index in [9.17, 15) is 4.79 Å². The Hall–Kier alpha value is -3.03. The van der Waals surface area contributed by atoms with Crippen molar-refractivity contribution in [2.45, 2.75) is 65.7 Å². The molecule has 1 aliphatic carbocycles. The summed E-state index contributed by atoms with van der Waals surface area (Å²) >= 11 is 6.18. The van der Waals surface area contributed by atoms with Gasteiger partial charge in [-0.3, -0.25) is 0 Å². The lowest BCUT2D eigenvalue weighted by molar-refractivity contribution is 0.0229. The van der Waals surface area contributed by atoms with E-state index in [0.717, 1.165) is 63.9 Å². The molecule has 0 unspecified atom stereocenters. The number of hydrogen-bond donors (Lipinski definition) is 1. The monoisotopic (exact) mass is 525 g/mol. The zero-order valence-electron chi connectivity index (χ0n) is 22.5. The van der Waals surface area contributed by atoms with Gasteiger partial charge in [0.25, 0.3) is 0 Å². The third kappa shape index (κ3) is 6.11. The standard InChI is InChI=1S/C27H30ClN3O3.C2H6O/c1-5-10-31(26(32)34-27(2,3)4)14-24-29-22-9-6-16-12-21-19-8-7-18(28)11-17(19)15-33-23(21)13-20(16)25(22)30-24;1-3-2/h7-8,11-13H,5-6,9-10,14-15H2,1-4H3,(H,29,30);1-2H3. The van der Waals surface area contributed by atoms with E-state index in [-0.39, 0.29) is 6.09 Å². The minimum atomic E-state index is -0.534. The Labute approximate surface area is 224 Å². The van der Waals surface area contributed by atoms with Gasteiger partial charge in [-0.05, 0) is 81.0 Å². The number of rotatable bonds is 4. The zero-order chi connectivity index (χ0) is 26.7. The third-order valence-corrected chi connectivity index (χ3v) is 6.39. The summed E-state index contributed by atoms with van der Waals surface area (Å²) in [5.74, 6) is 1.64. The first-order chi connectivity index (χ1) is 17.6. The Bertz CT molecular complexity index is 1280. The number of benzene rings is 2. The molecule has 0 saturated heterocycles. The highest BCUT2D eigenvalue weighted by atomic mass is 35.5. The van der Waals surface area contributed by atoms with Crippen molar-refractivity contribution in [3.8, 4) is 28.1 Å². The summed E-state index contributed by atoms with van der Waals surface area (Å²) in [6.45, 7) is 9.20. The average Bonchev–Trinajstić information content (AvgIpc) is 3.25. The number of nitrogens with one attached hydrogen (secondary N) is 1. The number of aryl methyl sites for hydroxylation is 2. The highest BCUT2D eigenvalue weighted by Gasteiger charge is 2.27. The van der Waals surface area contributed by atoms with E-state index >= 15 is 0 Å². The van der Waals surface area contributed by atoms with Crippen LogP contribution in [0.4, 0.5) is 4.79 Å². The van der Waals surface area contributed by atoms with Gasteiger partial charge in [0, 0.05) is 42.6 Å². The molecule has 2 aromatic carbocycles. The Morgan fingerprint density at radius 2 is 1.86 bits per heavy atom. The third-order valence-electron chi connectivity index (χ3n) is 6.16. The number of halogens is 1. The maximum atomic E-state index is 12.7. The first-order valence-electron chi connectivity index (χ1n) is 12.7. The summed E-state index contributed by atoms with van der Waals surface area (Å²) < 4.78 is 16.0. The molecule has 0 atom stereocenters. The summed E-state index contributed by atoms with van der Waals surface area (Å²) in [6.07, 6.45) is 2.33. The molecular weight excluding hydrogens is 490 g/mol. The van der Waals surface area contributed by atoms with E-state index < -0.39 is 5.60 Å². The molecule has 0 fully saturated rings. The SMILES string of the molecule is CCCN(Cc1nc2c([nH]1)CCc1cc3c(cc1-2)OCc1cc(Cl)ccc1-3)C(=O)OC(C)(C)C.COC. The van der Waals surface area contributed by atoms with Crippen LogP contribution in [0.5, 0.6) is 5.75 Å². The fraction of sp³-hybridized carbons (Fsp3) is 0.448. The second-order valence-corrected chi connectivity index (χ2v) is 10.9. The van der Waals surface area contributed by atoms with Crippen LogP contribution in [-0.2, 0) is 35.5 Å². The molecule has 1 amide bonds. The van der Waals surface area contributed by atoms with E-state index in [0.29, 0.717) is 19.7 Å². The second kappa shape index (κ2) is 11.2. The first kappa shape index (κ1) is 27.0. The van der Waals surface area contributed by atoms with Gasteiger partial charge in [0.2, 0.25) is 0 Å². The van der Waals surface area contributed by atoms with Crippen molar-refractivity contribution in [3.63, 3.8) is 0 Å². The quantitative estimate of drug-likeness (QED) is 0.405. The molecular formula is C29H36ClN3O4. The fourth-order valence-corrected chi connectivity index (χ4v) is 4.89. The highest BCUT2D eigenvalue weighted by molar-refractivity contribution is 6.30. The number of amides is 1. The fourth-order valence-electron chi connectivity index (χ4n) is 4.70. The molecule has 7 nitrogen and oxygen atoms in total. The maximum Gasteiger partial charge on any atom is 0.410 e. The van der Waals surface area contributed by atoms with Gasteiger partial charge in [-0.2, -0.15) is 0 Å². The summed E-state index contributed by atoms with van der Waals surface area (Å²) in [7, 11) is 3.25. The number of aromatic amines is 1. The molecule has 198 valence electrons. The van der Waals surface area contributed by atoms with E-state index in [2.05, 4.69) is 34.8 Å². The molecule has 37 heavy (non-hydrogen) atoms. The van der Waals surface area contributed by atoms with Crippen molar-refractivity contribution in [1.82, 2.24) is 14.9 Å². The van der Waals surface area contributed by atoms with Crippen LogP contribution in [0.15, 0.2) is 30.3 Å². The van der Waals surface area contributed by atoms with Crippen molar-refractivity contribution in [3.05, 3.63) is 58.0 Å². The lowest BCUT2D eigenvalue weighted by atomic mass is 9.87. The van der Waals surface area contributed by atoms with Crippen molar-refractivity contribution in [2.24, 2.45) is 0 Å². The molecule has 0 radical (unpaired) electrons. The summed E-state index contributed by atoms with van der Waals surface area (Å²) in [5.41, 5.74) is 7.26. The van der Waals surface area contributed by atoms with E-state index in [1.165, 1.54) is 11.1 Å². The minimum Gasteiger partial charge on any atom is -0.488 e. The topological polar surface area (TPSA) is 76.7 Å². The minimum absolute atomic E-state index is 0.314. The number of carbonyl (C=O) groups is 1. The number of ether oxygens (including phenoxy) is 3. The van der Waals surface area contributed by atoms with Gasteiger partial charge in [0.05, 0.1) is 12.2 Å². The van der Waals surface area contributed by atoms with Crippen LogP contribution in [0.3, 0.4) is 0 Å². The van der Waals surface area contributed by atoms with Gasteiger partial charge >= 0.3 is 6.09 Å². The van der Waals surface area contributed by atoms with Crippen molar-refractivity contribution < 1.29 is 19.0 Å². The number of hydrogen-bond acceptors (Lipinski definition) is 5. The lowest BCUT2D eigenvalue weighted by Gasteiger charge is -2.26. The van der Waals surface area contributed by atoms with Gasteiger partial charge in [0.1, 0.15) is 23.8 Å². The highest BCUT2D eigenvalue weighted by Crippen LogP contribution is 2.44. The number of H-pyrrole nitrogens is 1. The van der Waals surface area contributed by atoms with Crippen LogP contribution >= 0.6 is 11.6 Å². The van der Waals surface area contributed by atoms with Crippen LogP contribution in [-0.4, -0.2) is 47.3 Å². The predicted octanol–water partition coefficient (Wildman–Crippen LogP) is 6.80. The molecule has 8 heteroatoms. The number of methoxy groups -OCH3 is 1. The molecule has 3 aromatic rings. The Morgan fingerprint density at radius 3 is 2.57 bits per heavy atom. The number of fused-ring (bicyclic) bond motifs is 6.